The minimum Gasteiger partial charge on any atom is -0.264 e. The summed E-state index contributed by atoms with van der Waals surface area (Å²) in [5, 5.41) is 10.8. The second kappa shape index (κ2) is 3.64. The van der Waals surface area contributed by atoms with Gasteiger partial charge in [0.2, 0.25) is 6.04 Å². The molecule has 0 heterocycles. The van der Waals surface area contributed by atoms with E-state index in [9.17, 15) is 10.1 Å². The predicted molar refractivity (Wildman–Crippen MR) is 50.1 cm³/mol. The zero-order valence-electron chi connectivity index (χ0n) is 7.95. The molecule has 0 bridgehead atoms. The van der Waals surface area contributed by atoms with Crippen molar-refractivity contribution in [1.82, 2.24) is 0 Å². The molecule has 3 heteroatoms. The molecular weight excluding hydrogens is 166 g/mol. The van der Waals surface area contributed by atoms with E-state index < -0.39 is 0 Å². The highest BCUT2D eigenvalue weighted by Crippen LogP contribution is 2.41. The van der Waals surface area contributed by atoms with Gasteiger partial charge in [-0.15, -0.1) is 0 Å². The van der Waals surface area contributed by atoms with Crippen molar-refractivity contribution in [3.05, 3.63) is 10.1 Å². The van der Waals surface area contributed by atoms with Gasteiger partial charge in [-0.2, -0.15) is 0 Å². The van der Waals surface area contributed by atoms with Crippen molar-refractivity contribution in [2.75, 3.05) is 0 Å². The summed E-state index contributed by atoms with van der Waals surface area (Å²) in [6.45, 7) is 0. The van der Waals surface area contributed by atoms with Crippen LogP contribution in [0, 0.1) is 22.0 Å². The van der Waals surface area contributed by atoms with Crippen molar-refractivity contribution in [3.8, 4) is 0 Å². The summed E-state index contributed by atoms with van der Waals surface area (Å²) in [5.74, 6) is 1.09. The molecule has 0 saturated heterocycles. The van der Waals surface area contributed by atoms with Gasteiger partial charge in [0.05, 0.1) is 0 Å². The van der Waals surface area contributed by atoms with E-state index in [1.165, 1.54) is 25.7 Å². The Morgan fingerprint density at radius 1 is 1.00 bits per heavy atom. The van der Waals surface area contributed by atoms with Crippen LogP contribution in [0.1, 0.15) is 44.9 Å². The number of nitrogens with zero attached hydrogens (tertiary/aromatic N) is 1. The first kappa shape index (κ1) is 8.97. The van der Waals surface area contributed by atoms with Crippen molar-refractivity contribution in [1.29, 1.82) is 0 Å². The van der Waals surface area contributed by atoms with E-state index in [1.807, 2.05) is 0 Å². The minimum absolute atomic E-state index is 0.0256. The summed E-state index contributed by atoms with van der Waals surface area (Å²) >= 11 is 0. The van der Waals surface area contributed by atoms with Gasteiger partial charge < -0.3 is 0 Å². The van der Waals surface area contributed by atoms with Crippen LogP contribution >= 0.6 is 0 Å². The second-order valence-corrected chi connectivity index (χ2v) is 4.49. The fourth-order valence-corrected chi connectivity index (χ4v) is 3.17. The molecule has 0 radical (unpaired) electrons. The monoisotopic (exact) mass is 183 g/mol. The zero-order valence-corrected chi connectivity index (χ0v) is 7.95. The molecular formula is C10H17NO2. The van der Waals surface area contributed by atoms with Gasteiger partial charge in [0, 0.05) is 17.3 Å². The SMILES string of the molecule is O=[N+]([O-])C1CCCC2CCCCC21. The molecule has 0 spiro atoms. The van der Waals surface area contributed by atoms with Gasteiger partial charge in [0.15, 0.2) is 0 Å². The van der Waals surface area contributed by atoms with Crippen molar-refractivity contribution >= 4 is 0 Å². The van der Waals surface area contributed by atoms with Gasteiger partial charge in [-0.25, -0.2) is 0 Å². The van der Waals surface area contributed by atoms with Crippen LogP contribution in [0.15, 0.2) is 0 Å². The Bertz CT molecular complexity index is 203. The van der Waals surface area contributed by atoms with E-state index in [-0.39, 0.29) is 11.0 Å². The molecule has 3 atom stereocenters. The average molecular weight is 183 g/mol. The van der Waals surface area contributed by atoms with Gasteiger partial charge in [-0.05, 0) is 31.6 Å². The van der Waals surface area contributed by atoms with Crippen LogP contribution in [0.25, 0.3) is 0 Å². The van der Waals surface area contributed by atoms with E-state index in [2.05, 4.69) is 0 Å². The number of hydrogen-bond donors (Lipinski definition) is 0. The molecule has 0 aromatic carbocycles. The average Bonchev–Trinajstić information content (AvgIpc) is 2.17. The van der Waals surface area contributed by atoms with Crippen molar-refractivity contribution in [2.45, 2.75) is 51.0 Å². The third kappa shape index (κ3) is 1.69. The Balaban J connectivity index is 2.06. The highest BCUT2D eigenvalue weighted by Gasteiger charge is 2.41. The van der Waals surface area contributed by atoms with Crippen LogP contribution in [-0.4, -0.2) is 11.0 Å². The van der Waals surface area contributed by atoms with Crippen molar-refractivity contribution in [3.63, 3.8) is 0 Å². The minimum atomic E-state index is -0.209. The van der Waals surface area contributed by atoms with Gasteiger partial charge in [-0.3, -0.25) is 10.1 Å². The summed E-state index contributed by atoms with van der Waals surface area (Å²) in [5.41, 5.74) is 0. The van der Waals surface area contributed by atoms with Crippen molar-refractivity contribution in [2.24, 2.45) is 11.8 Å². The molecule has 2 saturated carbocycles. The molecule has 2 aliphatic carbocycles. The standard InChI is InChI=1S/C10H17NO2/c12-11(13)10-7-3-5-8-4-1-2-6-9(8)10/h8-10H,1-7H2. The van der Waals surface area contributed by atoms with Gasteiger partial charge in [0.25, 0.3) is 0 Å². The molecule has 3 unspecified atom stereocenters. The van der Waals surface area contributed by atoms with Crippen LogP contribution in [0.5, 0.6) is 0 Å². The molecule has 3 nitrogen and oxygen atoms in total. The molecule has 0 aliphatic heterocycles. The van der Waals surface area contributed by atoms with Gasteiger partial charge >= 0.3 is 0 Å². The summed E-state index contributed by atoms with van der Waals surface area (Å²) in [6.07, 6.45) is 8.01. The van der Waals surface area contributed by atoms with E-state index >= 15 is 0 Å². The van der Waals surface area contributed by atoms with E-state index in [0.717, 1.165) is 19.3 Å². The van der Waals surface area contributed by atoms with Crippen LogP contribution in [0.3, 0.4) is 0 Å². The molecule has 2 aliphatic rings. The quantitative estimate of drug-likeness (QED) is 0.463. The van der Waals surface area contributed by atoms with E-state index in [1.54, 1.807) is 0 Å². The number of hydrogen-bond acceptors (Lipinski definition) is 2. The van der Waals surface area contributed by atoms with Crippen molar-refractivity contribution < 1.29 is 4.92 Å². The first-order valence-electron chi connectivity index (χ1n) is 5.42. The van der Waals surface area contributed by atoms with E-state index in [0.29, 0.717) is 11.8 Å². The molecule has 0 N–H and O–H groups in total. The van der Waals surface area contributed by atoms with Crippen LogP contribution < -0.4 is 0 Å². The topological polar surface area (TPSA) is 43.1 Å². The molecule has 13 heavy (non-hydrogen) atoms. The van der Waals surface area contributed by atoms with E-state index in [4.69, 9.17) is 0 Å². The maximum Gasteiger partial charge on any atom is 0.216 e. The molecule has 2 rings (SSSR count). The lowest BCUT2D eigenvalue weighted by Crippen LogP contribution is -2.39. The molecule has 2 fully saturated rings. The lowest BCUT2D eigenvalue weighted by Gasteiger charge is -2.36. The Hall–Kier alpha value is -0.600. The van der Waals surface area contributed by atoms with Gasteiger partial charge in [0.1, 0.15) is 0 Å². The third-order valence-electron chi connectivity index (χ3n) is 3.81. The maximum atomic E-state index is 10.8. The lowest BCUT2D eigenvalue weighted by atomic mass is 9.68. The Kier molecular flexibility index (Phi) is 2.51. The largest absolute Gasteiger partial charge is 0.264 e. The molecule has 74 valence electrons. The summed E-state index contributed by atoms with van der Waals surface area (Å²) < 4.78 is 0. The maximum absolute atomic E-state index is 10.8. The Morgan fingerprint density at radius 2 is 1.69 bits per heavy atom. The summed E-state index contributed by atoms with van der Waals surface area (Å²) in [4.78, 5) is 10.8. The number of nitro groups is 1. The fraction of sp³-hybridized carbons (Fsp3) is 1.00. The molecule has 0 aromatic rings. The predicted octanol–water partition coefficient (Wildman–Crippen LogP) is 2.62. The number of rotatable bonds is 1. The first-order valence-corrected chi connectivity index (χ1v) is 5.42. The zero-order chi connectivity index (χ0) is 9.26. The smallest absolute Gasteiger partial charge is 0.216 e. The molecule has 0 aromatic heterocycles. The van der Waals surface area contributed by atoms with Crippen LogP contribution in [0.2, 0.25) is 0 Å². The first-order chi connectivity index (χ1) is 6.29. The second-order valence-electron chi connectivity index (χ2n) is 4.49. The Labute approximate surface area is 78.7 Å². The highest BCUT2D eigenvalue weighted by molar-refractivity contribution is 4.85. The highest BCUT2D eigenvalue weighted by atomic mass is 16.6. The molecule has 0 amide bonds. The third-order valence-corrected chi connectivity index (χ3v) is 3.81. The van der Waals surface area contributed by atoms with Crippen LogP contribution in [-0.2, 0) is 0 Å². The lowest BCUT2D eigenvalue weighted by molar-refractivity contribution is -0.538. The van der Waals surface area contributed by atoms with Crippen LogP contribution in [0.4, 0.5) is 0 Å². The number of fused-ring (bicyclic) bond motifs is 1. The fourth-order valence-electron chi connectivity index (χ4n) is 3.17. The summed E-state index contributed by atoms with van der Waals surface area (Å²) in [6, 6.07) is -0.209. The normalized spacial score (nSPS) is 39.5. The van der Waals surface area contributed by atoms with Gasteiger partial charge in [-0.1, -0.05) is 12.8 Å². The summed E-state index contributed by atoms with van der Waals surface area (Å²) in [7, 11) is 0. The Morgan fingerprint density at radius 3 is 2.46 bits per heavy atom.